The predicted molar refractivity (Wildman–Crippen MR) is 71.1 cm³/mol. The number of hydrogen-bond donors (Lipinski definition) is 2. The van der Waals surface area contributed by atoms with Gasteiger partial charge in [-0.25, -0.2) is 0 Å². The topological polar surface area (TPSA) is 68.3 Å². The number of nitrogen functional groups attached to an aromatic ring is 1. The van der Waals surface area contributed by atoms with Crippen LogP contribution in [0.1, 0.15) is 31.2 Å². The van der Waals surface area contributed by atoms with Gasteiger partial charge in [-0.1, -0.05) is 12.1 Å². The fraction of sp³-hybridized carbons (Fsp3) is 0.500. The minimum Gasteiger partial charge on any atom is -0.490 e. The number of nitrogens with one attached hydrogen (secondary N) is 1. The van der Waals surface area contributed by atoms with Gasteiger partial charge in [-0.3, -0.25) is 5.41 Å². The van der Waals surface area contributed by atoms with Gasteiger partial charge in [0.1, 0.15) is 17.7 Å². The van der Waals surface area contributed by atoms with Crippen LogP contribution in [0.25, 0.3) is 0 Å². The minimum atomic E-state index is 0.0684. The fourth-order valence-electron chi connectivity index (χ4n) is 2.35. The van der Waals surface area contributed by atoms with Crippen molar-refractivity contribution in [1.29, 1.82) is 5.41 Å². The lowest BCUT2D eigenvalue weighted by Crippen LogP contribution is -2.29. The summed E-state index contributed by atoms with van der Waals surface area (Å²) in [5.41, 5.74) is 6.17. The normalized spacial score (nSPS) is 23.6. The van der Waals surface area contributed by atoms with Gasteiger partial charge in [0.05, 0.1) is 6.10 Å². The highest BCUT2D eigenvalue weighted by Crippen LogP contribution is 2.25. The van der Waals surface area contributed by atoms with E-state index >= 15 is 0 Å². The lowest BCUT2D eigenvalue weighted by atomic mass is 9.95. The molecule has 1 aromatic carbocycles. The molecule has 4 heteroatoms. The van der Waals surface area contributed by atoms with Crippen LogP contribution in [0.4, 0.5) is 0 Å². The Morgan fingerprint density at radius 1 is 1.33 bits per heavy atom. The summed E-state index contributed by atoms with van der Waals surface area (Å²) in [6.07, 6.45) is 4.75. The Kier molecular flexibility index (Phi) is 4.20. The third-order valence-corrected chi connectivity index (χ3v) is 3.36. The molecule has 2 atom stereocenters. The van der Waals surface area contributed by atoms with Crippen LogP contribution in [0.15, 0.2) is 24.3 Å². The molecule has 0 radical (unpaired) electrons. The molecule has 1 aliphatic rings. The molecule has 98 valence electrons. The van der Waals surface area contributed by atoms with Crippen molar-refractivity contribution in [1.82, 2.24) is 0 Å². The van der Waals surface area contributed by atoms with Gasteiger partial charge in [0.25, 0.3) is 0 Å². The van der Waals surface area contributed by atoms with E-state index in [1.54, 1.807) is 7.11 Å². The average molecular weight is 248 g/mol. The number of benzene rings is 1. The van der Waals surface area contributed by atoms with Crippen LogP contribution in [0.2, 0.25) is 0 Å². The second-order valence-electron chi connectivity index (χ2n) is 4.71. The molecule has 0 aliphatic heterocycles. The van der Waals surface area contributed by atoms with Gasteiger partial charge in [0.15, 0.2) is 0 Å². The van der Waals surface area contributed by atoms with E-state index in [1.165, 1.54) is 0 Å². The van der Waals surface area contributed by atoms with E-state index in [2.05, 4.69) is 0 Å². The first-order valence-corrected chi connectivity index (χ1v) is 6.33. The van der Waals surface area contributed by atoms with Crippen molar-refractivity contribution < 1.29 is 9.47 Å². The summed E-state index contributed by atoms with van der Waals surface area (Å²) in [5.74, 6) is 0.850. The quantitative estimate of drug-likeness (QED) is 0.634. The van der Waals surface area contributed by atoms with E-state index in [-0.39, 0.29) is 11.9 Å². The zero-order valence-corrected chi connectivity index (χ0v) is 10.7. The molecule has 0 spiro atoms. The Hall–Kier alpha value is -1.55. The first-order chi connectivity index (χ1) is 8.69. The van der Waals surface area contributed by atoms with Gasteiger partial charge in [-0.15, -0.1) is 0 Å². The average Bonchev–Trinajstić information content (AvgIpc) is 2.39. The van der Waals surface area contributed by atoms with E-state index in [0.717, 1.165) is 31.4 Å². The minimum absolute atomic E-state index is 0.0684. The SMILES string of the molecule is COC1CCCC(Oc2cccc(C(=N)N)c2)C1. The summed E-state index contributed by atoms with van der Waals surface area (Å²) in [5, 5.41) is 7.42. The lowest BCUT2D eigenvalue weighted by Gasteiger charge is -2.28. The standard InChI is InChI=1S/C14H20N2O2/c1-17-11-5-3-7-13(9-11)18-12-6-2-4-10(8-12)14(15)16/h2,4,6,8,11,13H,3,5,7,9H2,1H3,(H3,15,16). The maximum atomic E-state index is 7.42. The van der Waals surface area contributed by atoms with Gasteiger partial charge < -0.3 is 15.2 Å². The molecule has 0 saturated heterocycles. The summed E-state index contributed by atoms with van der Waals surface area (Å²) in [6, 6.07) is 7.40. The van der Waals surface area contributed by atoms with E-state index in [9.17, 15) is 0 Å². The van der Waals surface area contributed by atoms with E-state index in [4.69, 9.17) is 20.6 Å². The number of nitrogens with two attached hydrogens (primary N) is 1. The van der Waals surface area contributed by atoms with Gasteiger partial charge >= 0.3 is 0 Å². The highest BCUT2D eigenvalue weighted by molar-refractivity contribution is 5.95. The molecule has 1 saturated carbocycles. The molecule has 0 bridgehead atoms. The summed E-state index contributed by atoms with van der Waals surface area (Å²) < 4.78 is 11.3. The molecule has 18 heavy (non-hydrogen) atoms. The van der Waals surface area contributed by atoms with Gasteiger partial charge in [0.2, 0.25) is 0 Å². The van der Waals surface area contributed by atoms with Crippen LogP contribution in [0.5, 0.6) is 5.75 Å². The molecular weight excluding hydrogens is 228 g/mol. The van der Waals surface area contributed by atoms with E-state index < -0.39 is 0 Å². The predicted octanol–water partition coefficient (Wildman–Crippen LogP) is 2.31. The van der Waals surface area contributed by atoms with Crippen LogP contribution in [-0.4, -0.2) is 25.2 Å². The van der Waals surface area contributed by atoms with Crippen LogP contribution in [0.3, 0.4) is 0 Å². The number of rotatable bonds is 4. The molecule has 0 heterocycles. The highest BCUT2D eigenvalue weighted by Gasteiger charge is 2.23. The largest absolute Gasteiger partial charge is 0.490 e. The Balaban J connectivity index is 2.00. The third-order valence-electron chi connectivity index (χ3n) is 3.36. The van der Waals surface area contributed by atoms with Crippen molar-refractivity contribution in [2.24, 2.45) is 5.73 Å². The van der Waals surface area contributed by atoms with Gasteiger partial charge in [0, 0.05) is 19.1 Å². The number of methoxy groups -OCH3 is 1. The molecule has 1 aromatic rings. The fourth-order valence-corrected chi connectivity index (χ4v) is 2.35. The highest BCUT2D eigenvalue weighted by atomic mass is 16.5. The maximum absolute atomic E-state index is 7.42. The Morgan fingerprint density at radius 3 is 2.83 bits per heavy atom. The molecular formula is C14H20N2O2. The molecule has 1 aliphatic carbocycles. The zero-order valence-electron chi connectivity index (χ0n) is 10.7. The first kappa shape index (κ1) is 12.9. The lowest BCUT2D eigenvalue weighted by molar-refractivity contribution is 0.0210. The monoisotopic (exact) mass is 248 g/mol. The summed E-state index contributed by atoms with van der Waals surface area (Å²) in [4.78, 5) is 0. The van der Waals surface area contributed by atoms with Crippen LogP contribution in [0, 0.1) is 5.41 Å². The maximum Gasteiger partial charge on any atom is 0.122 e. The third kappa shape index (κ3) is 3.23. The Morgan fingerprint density at radius 2 is 2.11 bits per heavy atom. The summed E-state index contributed by atoms with van der Waals surface area (Å²) in [6.45, 7) is 0. The second kappa shape index (κ2) is 5.87. The van der Waals surface area contributed by atoms with Gasteiger partial charge in [-0.2, -0.15) is 0 Å². The molecule has 0 aromatic heterocycles. The van der Waals surface area contributed by atoms with Crippen LogP contribution < -0.4 is 10.5 Å². The van der Waals surface area contributed by atoms with Crippen molar-refractivity contribution in [3.05, 3.63) is 29.8 Å². The second-order valence-corrected chi connectivity index (χ2v) is 4.71. The van der Waals surface area contributed by atoms with Gasteiger partial charge in [-0.05, 0) is 31.4 Å². The van der Waals surface area contributed by atoms with Crippen LogP contribution in [-0.2, 0) is 4.74 Å². The number of hydrogen-bond acceptors (Lipinski definition) is 3. The number of amidine groups is 1. The van der Waals surface area contributed by atoms with E-state index in [1.807, 2.05) is 24.3 Å². The zero-order chi connectivity index (χ0) is 13.0. The molecule has 3 N–H and O–H groups in total. The molecule has 1 fully saturated rings. The smallest absolute Gasteiger partial charge is 0.122 e. The first-order valence-electron chi connectivity index (χ1n) is 6.33. The molecule has 2 rings (SSSR count). The molecule has 4 nitrogen and oxygen atoms in total. The summed E-state index contributed by atoms with van der Waals surface area (Å²) in [7, 11) is 1.75. The summed E-state index contributed by atoms with van der Waals surface area (Å²) >= 11 is 0. The van der Waals surface area contributed by atoms with E-state index in [0.29, 0.717) is 11.7 Å². The Bertz CT molecular complexity index is 420. The van der Waals surface area contributed by atoms with Crippen molar-refractivity contribution >= 4 is 5.84 Å². The molecule has 0 amide bonds. The van der Waals surface area contributed by atoms with Crippen molar-refractivity contribution in [2.45, 2.75) is 37.9 Å². The van der Waals surface area contributed by atoms with Crippen LogP contribution >= 0.6 is 0 Å². The molecule has 2 unspecified atom stereocenters. The Labute approximate surface area is 108 Å². The van der Waals surface area contributed by atoms with Crippen molar-refractivity contribution in [3.63, 3.8) is 0 Å². The van der Waals surface area contributed by atoms with Crippen molar-refractivity contribution in [2.75, 3.05) is 7.11 Å². The van der Waals surface area contributed by atoms with Crippen molar-refractivity contribution in [3.8, 4) is 5.75 Å². The number of ether oxygens (including phenoxy) is 2.